The Kier molecular flexibility index (Phi) is 10.5. The summed E-state index contributed by atoms with van der Waals surface area (Å²) in [6.07, 6.45) is 2.66. The largest absolute Gasteiger partial charge is 0.378 e. The predicted octanol–water partition coefficient (Wildman–Crippen LogP) is 4.33. The lowest BCUT2D eigenvalue weighted by molar-refractivity contribution is -0.0980. The molecule has 250 valence electrons. The highest BCUT2D eigenvalue weighted by atomic mass is 32.1. The van der Waals surface area contributed by atoms with Crippen molar-refractivity contribution in [1.82, 2.24) is 34.9 Å². The van der Waals surface area contributed by atoms with Gasteiger partial charge in [0.15, 0.2) is 11.6 Å². The molecule has 3 aliphatic rings. The molecular formula is C35H40N8O4S. The number of hydrogen-bond donors (Lipinski definition) is 1. The first-order valence-corrected chi connectivity index (χ1v) is 17.0. The lowest BCUT2D eigenvalue weighted by Crippen LogP contribution is -2.43. The minimum Gasteiger partial charge on any atom is -0.378 e. The Labute approximate surface area is 283 Å². The molecule has 5 aromatic rings. The molecule has 6 heterocycles. The van der Waals surface area contributed by atoms with Gasteiger partial charge in [0.25, 0.3) is 11.8 Å². The molecule has 3 aliphatic heterocycles. The lowest BCUT2D eigenvalue weighted by atomic mass is 10.1. The van der Waals surface area contributed by atoms with E-state index < -0.39 is 0 Å². The van der Waals surface area contributed by atoms with E-state index in [4.69, 9.17) is 19.5 Å². The zero-order valence-corrected chi connectivity index (χ0v) is 28.2. The maximum absolute atomic E-state index is 11.7. The van der Waals surface area contributed by atoms with E-state index in [1.807, 2.05) is 43.4 Å². The van der Waals surface area contributed by atoms with Gasteiger partial charge in [-0.3, -0.25) is 24.5 Å². The van der Waals surface area contributed by atoms with Crippen LogP contribution in [0.25, 0.3) is 32.5 Å². The number of fused-ring (bicyclic) bond motifs is 3. The lowest BCUT2D eigenvalue weighted by Gasteiger charge is -2.31. The molecule has 1 N–H and O–H groups in total. The smallest absolute Gasteiger partial charge is 0.261 e. The maximum atomic E-state index is 11.7. The van der Waals surface area contributed by atoms with E-state index >= 15 is 0 Å². The number of amides is 2. The third-order valence-corrected chi connectivity index (χ3v) is 9.85. The summed E-state index contributed by atoms with van der Waals surface area (Å²) in [5, 5.41) is 8.33. The van der Waals surface area contributed by atoms with Gasteiger partial charge in [-0.25, -0.2) is 9.97 Å². The molecule has 8 rings (SSSR count). The molecule has 3 aromatic heterocycles. The Morgan fingerprint density at radius 3 is 2.27 bits per heavy atom. The minimum absolute atomic E-state index is 0.160. The first-order valence-electron chi connectivity index (χ1n) is 16.2. The summed E-state index contributed by atoms with van der Waals surface area (Å²) >= 11 is 1.84. The number of aromatic amines is 1. The van der Waals surface area contributed by atoms with Crippen molar-refractivity contribution in [2.75, 3.05) is 71.0 Å². The van der Waals surface area contributed by atoms with E-state index in [0.717, 1.165) is 99.1 Å². The molecule has 13 heteroatoms. The second kappa shape index (κ2) is 15.1. The van der Waals surface area contributed by atoms with Crippen LogP contribution in [0.1, 0.15) is 38.9 Å². The number of nitrogens with zero attached hydrogens (tertiary/aromatic N) is 7. The standard InChI is InChI=1S/C23H27N7OS.C11H11NO2.CH2O/c1-28-5-7-29(8-6-28)15-16-13-20-21(32-16)23(30-9-11-31-12-10-30)26-22(25-20)17-3-2-4-19-18(17)14-24-27-19;1-2-7-12-10(13)8-5-3-4-6-9(8)11(12)14;1-2/h2-4,13-14H,5-12,15H2,1H3,(H,24,27);3-6H,2,7H2,1H3;1H2. The van der Waals surface area contributed by atoms with Gasteiger partial charge in [0.1, 0.15) is 6.79 Å². The number of ether oxygens (including phenoxy) is 1. The van der Waals surface area contributed by atoms with Gasteiger partial charge in [-0.1, -0.05) is 31.2 Å². The first kappa shape index (κ1) is 33.3. The molecule has 2 aromatic carbocycles. The molecular weight excluding hydrogens is 629 g/mol. The topological polar surface area (TPSA) is 128 Å². The molecule has 0 saturated carbocycles. The fraction of sp³-hybridized carbons (Fsp3) is 0.371. The van der Waals surface area contributed by atoms with Crippen LogP contribution in [0.5, 0.6) is 0 Å². The van der Waals surface area contributed by atoms with Crippen molar-refractivity contribution in [2.24, 2.45) is 0 Å². The van der Waals surface area contributed by atoms with E-state index in [1.165, 1.54) is 14.5 Å². The minimum atomic E-state index is -0.160. The average Bonchev–Trinajstić information content (AvgIpc) is 3.84. The summed E-state index contributed by atoms with van der Waals surface area (Å²) < 4.78 is 6.78. The highest BCUT2D eigenvalue weighted by Gasteiger charge is 2.34. The third kappa shape index (κ3) is 6.85. The fourth-order valence-electron chi connectivity index (χ4n) is 6.21. The number of nitrogens with one attached hydrogen (secondary N) is 1. The number of carbonyl (C=O) groups is 3. The quantitative estimate of drug-likeness (QED) is 0.261. The van der Waals surface area contributed by atoms with E-state index in [1.54, 1.807) is 24.3 Å². The highest BCUT2D eigenvalue weighted by Crippen LogP contribution is 2.36. The van der Waals surface area contributed by atoms with Gasteiger partial charge >= 0.3 is 0 Å². The summed E-state index contributed by atoms with van der Waals surface area (Å²) in [5.41, 5.74) is 4.11. The molecule has 0 unspecified atom stereocenters. The summed E-state index contributed by atoms with van der Waals surface area (Å²) in [7, 11) is 2.20. The average molecular weight is 669 g/mol. The number of H-pyrrole nitrogens is 1. The Morgan fingerprint density at radius 1 is 0.896 bits per heavy atom. The highest BCUT2D eigenvalue weighted by molar-refractivity contribution is 7.19. The van der Waals surface area contributed by atoms with Crippen LogP contribution in [0.4, 0.5) is 5.82 Å². The van der Waals surface area contributed by atoms with Crippen molar-refractivity contribution >= 4 is 56.9 Å². The number of carbonyl (C=O) groups excluding carboxylic acids is 3. The normalized spacial score (nSPS) is 16.9. The number of morpholine rings is 1. The van der Waals surface area contributed by atoms with Crippen molar-refractivity contribution in [3.63, 3.8) is 0 Å². The molecule has 0 atom stereocenters. The van der Waals surface area contributed by atoms with Crippen LogP contribution in [-0.2, 0) is 16.1 Å². The van der Waals surface area contributed by atoms with E-state index in [2.05, 4.69) is 44.1 Å². The maximum Gasteiger partial charge on any atom is 0.261 e. The SMILES string of the molecule is C=O.CCCN1C(=O)c2ccccc2C1=O.CN1CCN(Cc2cc3nc(-c4cccc5[nH]ncc45)nc(N4CCOCC4)c3s2)CC1. The summed E-state index contributed by atoms with van der Waals surface area (Å²) in [5.74, 6) is 1.47. The summed E-state index contributed by atoms with van der Waals surface area (Å²) in [6, 6.07) is 15.4. The van der Waals surface area contributed by atoms with Crippen molar-refractivity contribution in [1.29, 1.82) is 0 Å². The summed E-state index contributed by atoms with van der Waals surface area (Å²) in [4.78, 5) is 51.5. The number of aromatic nitrogens is 4. The molecule has 0 radical (unpaired) electrons. The number of rotatable bonds is 6. The number of thiophene rings is 1. The first-order chi connectivity index (χ1) is 23.5. The molecule has 12 nitrogen and oxygen atoms in total. The van der Waals surface area contributed by atoms with Crippen molar-refractivity contribution in [3.05, 3.63) is 70.7 Å². The Morgan fingerprint density at radius 2 is 1.58 bits per heavy atom. The van der Waals surface area contributed by atoms with E-state index in [0.29, 0.717) is 17.7 Å². The molecule has 0 bridgehead atoms. The Balaban J connectivity index is 0.000000210. The van der Waals surface area contributed by atoms with Gasteiger partial charge in [0.2, 0.25) is 0 Å². The number of anilines is 1. The van der Waals surface area contributed by atoms with Gasteiger partial charge in [0, 0.05) is 68.2 Å². The zero-order chi connectivity index (χ0) is 33.6. The van der Waals surface area contributed by atoms with Crippen molar-refractivity contribution in [3.8, 4) is 11.4 Å². The van der Waals surface area contributed by atoms with Crippen LogP contribution in [0.15, 0.2) is 54.7 Å². The van der Waals surface area contributed by atoms with Gasteiger partial charge in [-0.05, 0) is 37.7 Å². The molecule has 0 spiro atoms. The number of imide groups is 1. The van der Waals surface area contributed by atoms with Gasteiger partial charge in [0.05, 0.1) is 46.3 Å². The number of benzene rings is 2. The molecule has 2 amide bonds. The molecule has 0 aliphatic carbocycles. The van der Waals surface area contributed by atoms with Gasteiger partial charge < -0.3 is 19.3 Å². The monoisotopic (exact) mass is 668 g/mol. The van der Waals surface area contributed by atoms with Crippen molar-refractivity contribution < 1.29 is 19.1 Å². The van der Waals surface area contributed by atoms with Gasteiger partial charge in [-0.2, -0.15) is 5.10 Å². The van der Waals surface area contributed by atoms with E-state index in [9.17, 15) is 9.59 Å². The Bertz CT molecular complexity index is 1860. The number of piperazine rings is 1. The number of likely N-dealkylation sites (N-methyl/N-ethyl adjacent to an activating group) is 1. The zero-order valence-electron chi connectivity index (χ0n) is 27.4. The number of hydrogen-bond acceptors (Lipinski definition) is 11. The van der Waals surface area contributed by atoms with E-state index in [-0.39, 0.29) is 11.8 Å². The molecule has 2 saturated heterocycles. The second-order valence-corrected chi connectivity index (χ2v) is 13.1. The van der Waals surface area contributed by atoms with Crippen LogP contribution in [0.2, 0.25) is 0 Å². The van der Waals surface area contributed by atoms with Crippen LogP contribution >= 0.6 is 11.3 Å². The van der Waals surface area contributed by atoms with Crippen LogP contribution in [0.3, 0.4) is 0 Å². The predicted molar refractivity (Wildman–Crippen MR) is 188 cm³/mol. The molecule has 48 heavy (non-hydrogen) atoms. The third-order valence-electron chi connectivity index (χ3n) is 8.74. The van der Waals surface area contributed by atoms with Crippen molar-refractivity contribution in [2.45, 2.75) is 19.9 Å². The van der Waals surface area contributed by atoms with Gasteiger partial charge in [-0.15, -0.1) is 11.3 Å². The van der Waals surface area contributed by atoms with Crippen LogP contribution in [-0.4, -0.2) is 120 Å². The fourth-order valence-corrected chi connectivity index (χ4v) is 7.36. The summed E-state index contributed by atoms with van der Waals surface area (Å²) in [6.45, 7) is 13.1. The van der Waals surface area contributed by atoms with Crippen LogP contribution in [0, 0.1) is 0 Å². The second-order valence-electron chi connectivity index (χ2n) is 11.9. The van der Waals surface area contributed by atoms with Crippen LogP contribution < -0.4 is 4.90 Å². The molecule has 2 fully saturated rings. The Hall–Kier alpha value is -4.56.